The van der Waals surface area contributed by atoms with Crippen LogP contribution in [0.5, 0.6) is 0 Å². The van der Waals surface area contributed by atoms with Crippen LogP contribution in [0.1, 0.15) is 85.9 Å². The number of nitrogens with one attached hydrogen (secondary N) is 3. The molecule has 9 N–H and O–H groups in total. The first-order valence-corrected chi connectivity index (χ1v) is 14.8. The highest BCUT2D eigenvalue weighted by molar-refractivity contribution is 6.02. The second-order valence-electron chi connectivity index (χ2n) is 11.6. The Morgan fingerprint density at radius 3 is 2.25 bits per heavy atom. The predicted octanol–water partition coefficient (Wildman–Crippen LogP) is 0.264. The molecule has 2 aliphatic heterocycles. The molecule has 226 valence electrons. The highest BCUT2D eigenvalue weighted by atomic mass is 16.2. The molecule has 12 heteroatoms. The maximum atomic E-state index is 14.5. The lowest BCUT2D eigenvalue weighted by atomic mass is 9.53. The van der Waals surface area contributed by atoms with Gasteiger partial charge in [0, 0.05) is 31.8 Å². The van der Waals surface area contributed by atoms with Crippen LogP contribution < -0.4 is 33.2 Å². The van der Waals surface area contributed by atoms with Gasteiger partial charge in [-0.25, -0.2) is 0 Å². The summed E-state index contributed by atoms with van der Waals surface area (Å²) in [5.41, 5.74) is 15.4. The number of carbonyl (C=O) groups excluding carboxylic acids is 5. The van der Waals surface area contributed by atoms with Crippen molar-refractivity contribution in [3.8, 4) is 0 Å². The van der Waals surface area contributed by atoms with Gasteiger partial charge in [-0.2, -0.15) is 0 Å². The number of guanidine groups is 1. The van der Waals surface area contributed by atoms with E-state index in [1.54, 1.807) is 0 Å². The molecule has 0 bridgehead atoms. The van der Waals surface area contributed by atoms with Gasteiger partial charge in [-0.3, -0.25) is 29.0 Å². The zero-order valence-corrected chi connectivity index (χ0v) is 23.9. The number of nitrogens with zero attached hydrogens (tertiary/aromatic N) is 1. The molecule has 1 saturated carbocycles. The van der Waals surface area contributed by atoms with E-state index in [4.69, 9.17) is 17.2 Å². The third kappa shape index (κ3) is 7.00. The highest BCUT2D eigenvalue weighted by Crippen LogP contribution is 2.52. The third-order valence-corrected chi connectivity index (χ3v) is 9.00. The summed E-state index contributed by atoms with van der Waals surface area (Å²) in [6, 6.07) is -1.97. The predicted molar refractivity (Wildman–Crippen MR) is 153 cm³/mol. The van der Waals surface area contributed by atoms with Crippen LogP contribution in [0.2, 0.25) is 0 Å². The van der Waals surface area contributed by atoms with Gasteiger partial charge in [0.25, 0.3) is 0 Å². The monoisotopic (exact) mass is 563 g/mol. The molecule has 0 aromatic rings. The Balaban J connectivity index is 0.00000588. The number of unbranched alkanes of at least 4 members (excludes halogenated alkanes) is 2. The number of aliphatic imine (C=N–C) groups is 1. The quantitative estimate of drug-likeness (QED) is 0.104. The van der Waals surface area contributed by atoms with Gasteiger partial charge >= 0.3 is 0 Å². The molecule has 3 amide bonds. The first-order valence-electron chi connectivity index (χ1n) is 14.8. The van der Waals surface area contributed by atoms with Crippen molar-refractivity contribution < 1.29 is 25.4 Å². The van der Waals surface area contributed by atoms with Crippen molar-refractivity contribution in [2.24, 2.45) is 45.4 Å². The first kappa shape index (κ1) is 31.5. The molecule has 2 heterocycles. The van der Waals surface area contributed by atoms with Crippen LogP contribution in [0.15, 0.2) is 4.99 Å². The second kappa shape index (κ2) is 14.0. The normalized spacial score (nSPS) is 32.3. The van der Waals surface area contributed by atoms with Crippen molar-refractivity contribution >= 4 is 35.2 Å². The third-order valence-electron chi connectivity index (χ3n) is 9.00. The summed E-state index contributed by atoms with van der Waals surface area (Å²) in [6.45, 7) is 4.72. The molecule has 0 aromatic carbocycles. The van der Waals surface area contributed by atoms with Crippen molar-refractivity contribution in [2.75, 3.05) is 13.1 Å². The minimum Gasteiger partial charge on any atom is -0.370 e. The molecule has 7 atom stereocenters. The van der Waals surface area contributed by atoms with E-state index in [-0.39, 0.29) is 43.2 Å². The maximum absolute atomic E-state index is 14.5. The largest absolute Gasteiger partial charge is 0.370 e. The van der Waals surface area contributed by atoms with Crippen molar-refractivity contribution in [1.82, 2.24) is 16.0 Å². The molecule has 3 aliphatic rings. The molecule has 3 rings (SSSR count). The molecule has 40 heavy (non-hydrogen) atoms. The zero-order valence-electron chi connectivity index (χ0n) is 23.9. The van der Waals surface area contributed by atoms with Crippen molar-refractivity contribution in [3.63, 3.8) is 0 Å². The Hall–Kier alpha value is -3.02. The smallest absolute Gasteiger partial charge is 0.240 e. The number of piperidine rings is 1. The molecule has 1 spiro atoms. The molecule has 3 fully saturated rings. The number of piperazine rings is 1. The number of Topliss-reactive ketones (excluding diaryl/α,β-unsaturated/α-hetero) is 2. The SMILES string of the molecule is CCCC[C@@H]1NC[C@H](C(=O)C2CCC3(C[C@H](C(N)=O)NC(=O)[C@@H]3CCCN=C(N)N)C(=O)[C@@H]2CCCC)NC1=O.[HH]. The van der Waals surface area contributed by atoms with E-state index >= 15 is 0 Å². The summed E-state index contributed by atoms with van der Waals surface area (Å²) in [5, 5.41) is 8.81. The number of amides is 3. The van der Waals surface area contributed by atoms with Gasteiger partial charge in [0.05, 0.1) is 12.0 Å². The van der Waals surface area contributed by atoms with Crippen LogP contribution in [0.4, 0.5) is 0 Å². The lowest BCUT2D eigenvalue weighted by Gasteiger charge is -2.51. The van der Waals surface area contributed by atoms with Crippen LogP contribution >= 0.6 is 0 Å². The summed E-state index contributed by atoms with van der Waals surface area (Å²) < 4.78 is 0. The van der Waals surface area contributed by atoms with E-state index in [0.717, 1.165) is 25.7 Å². The van der Waals surface area contributed by atoms with Crippen LogP contribution in [-0.4, -0.2) is 66.5 Å². The van der Waals surface area contributed by atoms with E-state index in [9.17, 15) is 24.0 Å². The fourth-order valence-corrected chi connectivity index (χ4v) is 6.85. The molecule has 1 aliphatic carbocycles. The summed E-state index contributed by atoms with van der Waals surface area (Å²) in [6.07, 6.45) is 6.33. The topological polar surface area (TPSA) is 212 Å². The Labute approximate surface area is 237 Å². The molecular weight excluding hydrogens is 514 g/mol. The standard InChI is InChI=1S/C28H47N7O5.H2/c1-3-5-8-17-16(22(36)21-15-33-19(10-6-4-2)26(40)35-21)11-12-28(23(17)37)14-20(24(29)38)34-25(39)18(28)9-7-13-32-27(30)31;/h16-21,33H,3-15H2,1-2H3,(H2,29,38)(H,34,39)(H,35,40)(H4,30,31,32);1H/t16?,17-,18+,19+,20-,21-,28?;/m1./s1. The number of carbonyl (C=O) groups is 5. The molecule has 0 aromatic heterocycles. The fourth-order valence-electron chi connectivity index (χ4n) is 6.85. The number of nitrogens with two attached hydrogens (primary N) is 3. The first-order chi connectivity index (χ1) is 19.0. The van der Waals surface area contributed by atoms with E-state index < -0.39 is 41.2 Å². The minimum atomic E-state index is -1.10. The number of primary amides is 1. The molecule has 0 radical (unpaired) electrons. The van der Waals surface area contributed by atoms with Gasteiger partial charge < -0.3 is 33.2 Å². The number of rotatable bonds is 13. The molecule has 12 nitrogen and oxygen atoms in total. The van der Waals surface area contributed by atoms with Gasteiger partial charge in [0.2, 0.25) is 17.7 Å². The van der Waals surface area contributed by atoms with Gasteiger partial charge in [0.15, 0.2) is 11.7 Å². The van der Waals surface area contributed by atoms with Crippen LogP contribution in [-0.2, 0) is 24.0 Å². The van der Waals surface area contributed by atoms with Gasteiger partial charge in [0.1, 0.15) is 17.9 Å². The van der Waals surface area contributed by atoms with E-state index in [0.29, 0.717) is 51.6 Å². The Morgan fingerprint density at radius 1 is 0.950 bits per heavy atom. The average Bonchev–Trinajstić information content (AvgIpc) is 2.91. The molecular formula is C28H49N7O5. The van der Waals surface area contributed by atoms with E-state index in [1.165, 1.54) is 0 Å². The number of ketones is 2. The second-order valence-corrected chi connectivity index (χ2v) is 11.6. The highest BCUT2D eigenvalue weighted by Gasteiger charge is 2.59. The molecule has 2 unspecified atom stereocenters. The van der Waals surface area contributed by atoms with Gasteiger partial charge in [-0.05, 0) is 44.9 Å². The zero-order chi connectivity index (χ0) is 29.4. The number of hydrogen-bond acceptors (Lipinski definition) is 7. The molecule has 2 saturated heterocycles. The minimum absolute atomic E-state index is 0. The van der Waals surface area contributed by atoms with Crippen LogP contribution in [0, 0.1) is 23.2 Å². The number of hydrogen-bond donors (Lipinski definition) is 6. The Morgan fingerprint density at radius 2 is 1.62 bits per heavy atom. The average molecular weight is 564 g/mol. The van der Waals surface area contributed by atoms with Crippen molar-refractivity contribution in [2.45, 2.75) is 103 Å². The summed E-state index contributed by atoms with van der Waals surface area (Å²) in [4.78, 5) is 70.4. The van der Waals surface area contributed by atoms with Crippen LogP contribution in [0.25, 0.3) is 0 Å². The summed E-state index contributed by atoms with van der Waals surface area (Å²) in [7, 11) is 0. The summed E-state index contributed by atoms with van der Waals surface area (Å²) in [5.74, 6) is -3.43. The summed E-state index contributed by atoms with van der Waals surface area (Å²) >= 11 is 0. The van der Waals surface area contributed by atoms with E-state index in [1.807, 2.05) is 6.92 Å². The maximum Gasteiger partial charge on any atom is 0.240 e. The Bertz CT molecular complexity index is 1000. The van der Waals surface area contributed by atoms with Crippen molar-refractivity contribution in [3.05, 3.63) is 0 Å². The Kier molecular flexibility index (Phi) is 11.1. The van der Waals surface area contributed by atoms with E-state index in [2.05, 4.69) is 27.9 Å². The fraction of sp³-hybridized carbons (Fsp3) is 0.786. The van der Waals surface area contributed by atoms with Gasteiger partial charge in [-0.1, -0.05) is 39.5 Å². The lowest BCUT2D eigenvalue weighted by Crippen LogP contribution is -2.65. The van der Waals surface area contributed by atoms with Gasteiger partial charge in [-0.15, -0.1) is 0 Å². The van der Waals surface area contributed by atoms with Crippen LogP contribution in [0.3, 0.4) is 0 Å². The van der Waals surface area contributed by atoms with Crippen molar-refractivity contribution in [1.29, 1.82) is 0 Å². The lowest BCUT2D eigenvalue weighted by molar-refractivity contribution is -0.160.